The summed E-state index contributed by atoms with van der Waals surface area (Å²) in [5.41, 5.74) is -0.702. The predicted octanol–water partition coefficient (Wildman–Crippen LogP) is 7.09. The summed E-state index contributed by atoms with van der Waals surface area (Å²) in [6.07, 6.45) is 10.2. The molecule has 0 amide bonds. The van der Waals surface area contributed by atoms with Gasteiger partial charge in [0.05, 0.1) is 23.0 Å². The van der Waals surface area contributed by atoms with Crippen LogP contribution in [0.5, 0.6) is 0 Å². The number of ether oxygens (including phenoxy) is 2. The summed E-state index contributed by atoms with van der Waals surface area (Å²) >= 11 is 0. The van der Waals surface area contributed by atoms with Crippen molar-refractivity contribution in [3.05, 3.63) is 80.6 Å². The molecule has 0 heterocycles. The maximum Gasteiger partial charge on any atom is 0.343 e. The van der Waals surface area contributed by atoms with Gasteiger partial charge in [-0.1, -0.05) is 90.5 Å². The second kappa shape index (κ2) is 16.4. The van der Waals surface area contributed by atoms with Gasteiger partial charge in [-0.15, -0.1) is 0 Å². The third kappa shape index (κ3) is 8.33. The molecule has 2 aromatic carbocycles. The van der Waals surface area contributed by atoms with Gasteiger partial charge in [0, 0.05) is 0 Å². The summed E-state index contributed by atoms with van der Waals surface area (Å²) in [5, 5.41) is 0. The standard InChI is InChI=1S/C40H48O10S2/c1-25(2)23-49-39(43)33-35(41)38(52(47,48)32-21-17-30(18-22-32)28-13-9-6-10-14-28)34(40(44)50-24-26(3)4)36(42)37(33)51(45,46)31-19-15-29(16-20-31)27-11-7-5-8-12-27/h15-22,25-28H,5-14,23-24H2,1-4H3. The largest absolute Gasteiger partial charge is 0.462 e. The molecule has 0 spiro atoms. The van der Waals surface area contributed by atoms with Gasteiger partial charge in [0.1, 0.15) is 21.0 Å². The van der Waals surface area contributed by atoms with Gasteiger partial charge in [-0.2, -0.15) is 0 Å². The molecule has 0 unspecified atom stereocenters. The minimum atomic E-state index is -5.00. The Morgan fingerprint density at radius 3 is 1.15 bits per heavy atom. The number of rotatable bonds is 12. The molecule has 3 aliphatic carbocycles. The molecule has 0 radical (unpaired) electrons. The Kier molecular flexibility index (Phi) is 12.4. The highest BCUT2D eigenvalue weighted by Crippen LogP contribution is 2.40. The molecule has 52 heavy (non-hydrogen) atoms. The third-order valence-electron chi connectivity index (χ3n) is 9.90. The predicted molar refractivity (Wildman–Crippen MR) is 195 cm³/mol. The van der Waals surface area contributed by atoms with Crippen LogP contribution in [0.25, 0.3) is 0 Å². The molecule has 280 valence electrons. The summed E-state index contributed by atoms with van der Waals surface area (Å²) in [4.78, 5) is 52.8. The number of carbonyl (C=O) groups is 4. The fourth-order valence-corrected chi connectivity index (χ4v) is 10.2. The van der Waals surface area contributed by atoms with E-state index in [1.165, 1.54) is 24.3 Å². The maximum atomic E-state index is 14.5. The van der Waals surface area contributed by atoms with Gasteiger partial charge in [0.2, 0.25) is 31.2 Å². The monoisotopic (exact) mass is 752 g/mol. The third-order valence-corrected chi connectivity index (χ3v) is 13.5. The van der Waals surface area contributed by atoms with Gasteiger partial charge in [0.25, 0.3) is 0 Å². The zero-order valence-electron chi connectivity index (χ0n) is 30.3. The summed E-state index contributed by atoms with van der Waals surface area (Å²) < 4.78 is 68.0. The number of allylic oxidation sites excluding steroid dienone is 2. The fraction of sp³-hybridized carbons (Fsp3) is 0.500. The molecule has 0 saturated heterocycles. The second-order valence-corrected chi connectivity index (χ2v) is 18.6. The topological polar surface area (TPSA) is 155 Å². The highest BCUT2D eigenvalue weighted by atomic mass is 32.2. The second-order valence-electron chi connectivity index (χ2n) is 14.9. The summed E-state index contributed by atoms with van der Waals surface area (Å²) in [5.74, 6) is -6.27. The van der Waals surface area contributed by atoms with E-state index in [4.69, 9.17) is 9.47 Å². The molecule has 0 bridgehead atoms. The van der Waals surface area contributed by atoms with Gasteiger partial charge in [-0.05, 0) is 84.7 Å². The van der Waals surface area contributed by atoms with Crippen molar-refractivity contribution in [3.8, 4) is 0 Å². The lowest BCUT2D eigenvalue weighted by Crippen LogP contribution is -2.38. The van der Waals surface area contributed by atoms with Crippen molar-refractivity contribution in [1.29, 1.82) is 0 Å². The average molecular weight is 753 g/mol. The summed E-state index contributed by atoms with van der Waals surface area (Å²) in [6.45, 7) is 6.30. The first-order valence-corrected chi connectivity index (χ1v) is 21.2. The van der Waals surface area contributed by atoms with Gasteiger partial charge in [-0.25, -0.2) is 26.4 Å². The molecule has 0 atom stereocenters. The van der Waals surface area contributed by atoms with E-state index >= 15 is 0 Å². The van der Waals surface area contributed by atoms with Gasteiger partial charge in [0.15, 0.2) is 0 Å². The molecule has 2 fully saturated rings. The van der Waals surface area contributed by atoms with E-state index in [9.17, 15) is 36.0 Å². The fourth-order valence-electron chi connectivity index (χ4n) is 7.12. The van der Waals surface area contributed by atoms with Crippen LogP contribution in [-0.2, 0) is 48.3 Å². The Hall–Kier alpha value is -3.90. The highest BCUT2D eigenvalue weighted by molar-refractivity contribution is 7.97. The van der Waals surface area contributed by atoms with Crippen molar-refractivity contribution in [3.63, 3.8) is 0 Å². The number of esters is 2. The van der Waals surface area contributed by atoms with Crippen LogP contribution in [0.3, 0.4) is 0 Å². The van der Waals surface area contributed by atoms with Gasteiger partial charge in [-0.3, -0.25) is 9.59 Å². The molecule has 5 rings (SSSR count). The Bertz CT molecular complexity index is 1830. The molecular formula is C40H48O10S2. The van der Waals surface area contributed by atoms with Crippen LogP contribution in [0.15, 0.2) is 79.3 Å². The Morgan fingerprint density at radius 2 is 0.865 bits per heavy atom. The number of benzene rings is 2. The van der Waals surface area contributed by atoms with Crippen LogP contribution in [0.2, 0.25) is 0 Å². The van der Waals surface area contributed by atoms with E-state index < -0.39 is 73.9 Å². The number of hydrogen-bond acceptors (Lipinski definition) is 10. The summed E-state index contributed by atoms with van der Waals surface area (Å²) in [6, 6.07) is 11.7. The first-order valence-electron chi connectivity index (χ1n) is 18.3. The number of ketones is 2. The first-order chi connectivity index (χ1) is 24.6. The molecule has 2 aromatic rings. The maximum absolute atomic E-state index is 14.5. The zero-order valence-corrected chi connectivity index (χ0v) is 31.9. The lowest BCUT2D eigenvalue weighted by molar-refractivity contribution is -0.143. The minimum Gasteiger partial charge on any atom is -0.462 e. The molecule has 0 aromatic heterocycles. The van der Waals surface area contributed by atoms with Crippen LogP contribution in [0, 0.1) is 11.8 Å². The number of hydrogen-bond donors (Lipinski definition) is 0. The number of sulfone groups is 2. The van der Waals surface area contributed by atoms with Crippen LogP contribution < -0.4 is 0 Å². The Labute approximate surface area is 306 Å². The van der Waals surface area contributed by atoms with E-state index in [0.29, 0.717) is 0 Å². The van der Waals surface area contributed by atoms with Gasteiger partial charge >= 0.3 is 11.9 Å². The quantitative estimate of drug-likeness (QED) is 0.125. The lowest BCUT2D eigenvalue weighted by Gasteiger charge is -2.24. The average Bonchev–Trinajstić information content (AvgIpc) is 3.13. The highest BCUT2D eigenvalue weighted by Gasteiger charge is 2.51. The zero-order chi connectivity index (χ0) is 37.8. The van der Waals surface area contributed by atoms with Crippen LogP contribution in [0.1, 0.15) is 115 Å². The van der Waals surface area contributed by atoms with Crippen molar-refractivity contribution in [1.82, 2.24) is 0 Å². The molecule has 0 N–H and O–H groups in total. The lowest BCUT2D eigenvalue weighted by atomic mass is 9.84. The van der Waals surface area contributed by atoms with E-state index in [1.54, 1.807) is 52.0 Å². The normalized spacial score (nSPS) is 18.3. The van der Waals surface area contributed by atoms with E-state index in [-0.39, 0.29) is 36.9 Å². The molecular weight excluding hydrogens is 705 g/mol. The van der Waals surface area contributed by atoms with E-state index in [0.717, 1.165) is 75.3 Å². The molecule has 12 heteroatoms. The van der Waals surface area contributed by atoms with Crippen molar-refractivity contribution in [2.45, 2.75) is 114 Å². The molecule has 0 aliphatic heterocycles. The number of carbonyl (C=O) groups excluding carboxylic acids is 4. The number of Topliss-reactive ketones (excluding diaryl/α,β-unsaturated/α-hetero) is 2. The van der Waals surface area contributed by atoms with Crippen LogP contribution in [0.4, 0.5) is 0 Å². The Balaban J connectivity index is 1.66. The first kappa shape index (κ1) is 39.3. The summed E-state index contributed by atoms with van der Waals surface area (Å²) in [7, 11) is -10.0. The molecule has 10 nitrogen and oxygen atoms in total. The van der Waals surface area contributed by atoms with Crippen LogP contribution in [-0.4, -0.2) is 53.6 Å². The smallest absolute Gasteiger partial charge is 0.343 e. The van der Waals surface area contributed by atoms with Crippen molar-refractivity contribution < 1.29 is 45.5 Å². The van der Waals surface area contributed by atoms with Crippen molar-refractivity contribution >= 4 is 43.2 Å². The van der Waals surface area contributed by atoms with E-state index in [2.05, 4.69) is 0 Å². The minimum absolute atomic E-state index is 0.235. The van der Waals surface area contributed by atoms with Crippen molar-refractivity contribution in [2.24, 2.45) is 11.8 Å². The SMILES string of the molecule is CC(C)COC(=O)C1=C(S(=O)(=O)c2ccc(C3CCCCC3)cc2)C(=O)C(C(=O)OCC(C)C)=C(S(=O)(=O)c2ccc(C3CCCCC3)cc2)C1=O. The van der Waals surface area contributed by atoms with Crippen LogP contribution >= 0.6 is 0 Å². The van der Waals surface area contributed by atoms with E-state index in [1.807, 2.05) is 0 Å². The van der Waals surface area contributed by atoms with Gasteiger partial charge < -0.3 is 9.47 Å². The molecule has 3 aliphatic rings. The van der Waals surface area contributed by atoms with Crippen molar-refractivity contribution in [2.75, 3.05) is 13.2 Å². The molecule has 2 saturated carbocycles. The Morgan fingerprint density at radius 1 is 0.558 bits per heavy atom.